The third-order valence-electron chi connectivity index (χ3n) is 4.05. The maximum atomic E-state index is 12.3. The fraction of sp³-hybridized carbons (Fsp3) is 0.769. The summed E-state index contributed by atoms with van der Waals surface area (Å²) in [6.45, 7) is 5.37. The van der Waals surface area contributed by atoms with Gasteiger partial charge in [0, 0.05) is 0 Å². The highest BCUT2D eigenvalue weighted by Gasteiger charge is 2.48. The van der Waals surface area contributed by atoms with Gasteiger partial charge in [0.25, 0.3) is 0 Å². The molecule has 1 fully saturated rings. The van der Waals surface area contributed by atoms with Crippen LogP contribution < -0.4 is 16.4 Å². The molecule has 1 saturated heterocycles. The van der Waals surface area contributed by atoms with Crippen LogP contribution in [0.15, 0.2) is 0 Å². The molecule has 0 aromatic rings. The molecule has 1 rings (SSSR count). The van der Waals surface area contributed by atoms with E-state index < -0.39 is 35.4 Å². The molecule has 1 aliphatic heterocycles. The molecular weight excluding hydrogens is 278 g/mol. The number of primary amides is 1. The molecule has 8 nitrogen and oxygen atoms in total. The second kappa shape index (κ2) is 6.75. The second-order valence-corrected chi connectivity index (χ2v) is 5.67. The molecule has 3 amide bonds. The Bertz CT molecular complexity index is 428. The average molecular weight is 301 g/mol. The van der Waals surface area contributed by atoms with E-state index in [9.17, 15) is 19.5 Å². The Labute approximate surface area is 123 Å². The third kappa shape index (κ3) is 3.84. The molecule has 0 saturated carbocycles. The maximum Gasteiger partial charge on any atom is 0.313 e. The zero-order valence-electron chi connectivity index (χ0n) is 12.5. The number of carbonyl (C=O) groups is 3. The van der Waals surface area contributed by atoms with Gasteiger partial charge in [0.05, 0.1) is 19.3 Å². The van der Waals surface area contributed by atoms with Gasteiger partial charge in [-0.3, -0.25) is 9.59 Å². The van der Waals surface area contributed by atoms with Crippen LogP contribution in [0.5, 0.6) is 0 Å². The lowest BCUT2D eigenvalue weighted by Crippen LogP contribution is -2.57. The van der Waals surface area contributed by atoms with E-state index in [1.165, 1.54) is 6.92 Å². The first kappa shape index (κ1) is 17.2. The van der Waals surface area contributed by atoms with Crippen LogP contribution in [0.2, 0.25) is 0 Å². The lowest BCUT2D eigenvalue weighted by molar-refractivity contribution is -0.149. The second-order valence-electron chi connectivity index (χ2n) is 5.67. The summed E-state index contributed by atoms with van der Waals surface area (Å²) in [7, 11) is 0. The average Bonchev–Trinajstić information content (AvgIpc) is 2.77. The van der Waals surface area contributed by atoms with Crippen molar-refractivity contribution in [2.75, 3.05) is 13.2 Å². The van der Waals surface area contributed by atoms with E-state index in [1.807, 2.05) is 13.8 Å². The molecule has 5 N–H and O–H groups in total. The highest BCUT2D eigenvalue weighted by Crippen LogP contribution is 2.29. The Balaban J connectivity index is 2.81. The van der Waals surface area contributed by atoms with Gasteiger partial charge in [-0.1, -0.05) is 20.3 Å². The van der Waals surface area contributed by atoms with E-state index in [4.69, 9.17) is 10.5 Å². The summed E-state index contributed by atoms with van der Waals surface area (Å²) in [5.41, 5.74) is 3.91. The third-order valence-corrected chi connectivity index (χ3v) is 4.05. The number of carboxylic acids is 1. The molecule has 4 unspecified atom stereocenters. The molecule has 0 spiro atoms. The topological polar surface area (TPSA) is 131 Å². The molecule has 8 heteroatoms. The number of ether oxygens (including phenoxy) is 1. The number of hydrogen-bond donors (Lipinski definition) is 4. The van der Waals surface area contributed by atoms with E-state index in [0.717, 1.165) is 0 Å². The molecule has 1 aliphatic rings. The standard InChI is InChI=1S/C13H23N3O5/c1-4-7(2)9(16-12(14)20)10(17)15-8-5-21-6-13(8,3)11(18)19/h7-9H,4-6H2,1-3H3,(H,15,17)(H,18,19)(H3,14,16,20). The molecule has 0 radical (unpaired) electrons. The van der Waals surface area contributed by atoms with Crippen LogP contribution in [-0.2, 0) is 14.3 Å². The molecule has 1 heterocycles. The van der Waals surface area contributed by atoms with Crippen molar-refractivity contribution in [1.29, 1.82) is 0 Å². The number of carbonyl (C=O) groups excluding carboxylic acids is 2. The number of aliphatic carboxylic acids is 1. The number of urea groups is 1. The Morgan fingerprint density at radius 3 is 2.57 bits per heavy atom. The van der Waals surface area contributed by atoms with Gasteiger partial charge in [-0.15, -0.1) is 0 Å². The predicted octanol–water partition coefficient (Wildman–Crippen LogP) is -0.325. The monoisotopic (exact) mass is 301 g/mol. The molecule has 4 atom stereocenters. The van der Waals surface area contributed by atoms with Gasteiger partial charge >= 0.3 is 12.0 Å². The number of amides is 3. The van der Waals surface area contributed by atoms with Gasteiger partial charge in [0.1, 0.15) is 11.5 Å². The minimum Gasteiger partial charge on any atom is -0.481 e. The van der Waals surface area contributed by atoms with Crippen LogP contribution in [0, 0.1) is 11.3 Å². The normalized spacial score (nSPS) is 27.7. The van der Waals surface area contributed by atoms with Gasteiger partial charge in [-0.2, -0.15) is 0 Å². The van der Waals surface area contributed by atoms with Crippen molar-refractivity contribution >= 4 is 17.9 Å². The van der Waals surface area contributed by atoms with Crippen molar-refractivity contribution < 1.29 is 24.2 Å². The Kier molecular flexibility index (Phi) is 5.54. The van der Waals surface area contributed by atoms with Crippen LogP contribution in [0.4, 0.5) is 4.79 Å². The quantitative estimate of drug-likeness (QED) is 0.534. The SMILES string of the molecule is CCC(C)C(NC(N)=O)C(=O)NC1COCC1(C)C(=O)O. The minimum atomic E-state index is -1.18. The van der Waals surface area contributed by atoms with Crippen molar-refractivity contribution in [3.8, 4) is 0 Å². The van der Waals surface area contributed by atoms with Crippen LogP contribution >= 0.6 is 0 Å². The highest BCUT2D eigenvalue weighted by atomic mass is 16.5. The van der Waals surface area contributed by atoms with Crippen LogP contribution in [-0.4, -0.2) is 48.3 Å². The van der Waals surface area contributed by atoms with E-state index in [-0.39, 0.29) is 19.1 Å². The number of carboxylic acid groups (broad SMARTS) is 1. The van der Waals surface area contributed by atoms with Crippen LogP contribution in [0.25, 0.3) is 0 Å². The van der Waals surface area contributed by atoms with Crippen molar-refractivity contribution in [2.24, 2.45) is 17.1 Å². The lowest BCUT2D eigenvalue weighted by atomic mass is 9.85. The van der Waals surface area contributed by atoms with Crippen LogP contribution in [0.3, 0.4) is 0 Å². The molecular formula is C13H23N3O5. The molecule has 0 aromatic carbocycles. The van der Waals surface area contributed by atoms with Crippen LogP contribution in [0.1, 0.15) is 27.2 Å². The van der Waals surface area contributed by atoms with Gasteiger partial charge in [0.15, 0.2) is 0 Å². The number of rotatable bonds is 6. The first-order valence-electron chi connectivity index (χ1n) is 6.89. The Hall–Kier alpha value is -1.83. The molecule has 21 heavy (non-hydrogen) atoms. The van der Waals surface area contributed by atoms with Gasteiger partial charge in [-0.05, 0) is 12.8 Å². The number of nitrogens with one attached hydrogen (secondary N) is 2. The summed E-state index contributed by atoms with van der Waals surface area (Å²) >= 11 is 0. The smallest absolute Gasteiger partial charge is 0.313 e. The van der Waals surface area contributed by atoms with Crippen molar-refractivity contribution in [3.63, 3.8) is 0 Å². The largest absolute Gasteiger partial charge is 0.481 e. The zero-order valence-corrected chi connectivity index (χ0v) is 12.5. The Morgan fingerprint density at radius 1 is 1.48 bits per heavy atom. The van der Waals surface area contributed by atoms with Crippen molar-refractivity contribution in [3.05, 3.63) is 0 Å². The Morgan fingerprint density at radius 2 is 2.10 bits per heavy atom. The van der Waals surface area contributed by atoms with E-state index >= 15 is 0 Å². The molecule has 120 valence electrons. The van der Waals surface area contributed by atoms with E-state index in [2.05, 4.69) is 10.6 Å². The van der Waals surface area contributed by atoms with Crippen molar-refractivity contribution in [2.45, 2.75) is 39.3 Å². The summed E-state index contributed by atoms with van der Waals surface area (Å²) in [6.07, 6.45) is 0.662. The summed E-state index contributed by atoms with van der Waals surface area (Å²) < 4.78 is 5.17. The molecule has 0 aromatic heterocycles. The van der Waals surface area contributed by atoms with Gasteiger partial charge in [0.2, 0.25) is 5.91 Å². The lowest BCUT2D eigenvalue weighted by Gasteiger charge is -2.29. The van der Waals surface area contributed by atoms with E-state index in [0.29, 0.717) is 6.42 Å². The summed E-state index contributed by atoms with van der Waals surface area (Å²) in [5.74, 6) is -1.62. The predicted molar refractivity (Wildman–Crippen MR) is 74.5 cm³/mol. The van der Waals surface area contributed by atoms with Gasteiger partial charge < -0.3 is 26.2 Å². The summed E-state index contributed by atoms with van der Waals surface area (Å²) in [4.78, 5) is 34.7. The minimum absolute atomic E-state index is 0.0323. The fourth-order valence-electron chi connectivity index (χ4n) is 2.20. The zero-order chi connectivity index (χ0) is 16.2. The fourth-order valence-corrected chi connectivity index (χ4v) is 2.20. The van der Waals surface area contributed by atoms with E-state index in [1.54, 1.807) is 0 Å². The highest BCUT2D eigenvalue weighted by molar-refractivity contribution is 5.88. The first-order valence-corrected chi connectivity index (χ1v) is 6.89. The molecule has 0 aliphatic carbocycles. The number of nitrogens with two attached hydrogens (primary N) is 1. The summed E-state index contributed by atoms with van der Waals surface area (Å²) in [5, 5.41) is 14.3. The maximum absolute atomic E-state index is 12.3. The summed E-state index contributed by atoms with van der Waals surface area (Å²) in [6, 6.07) is -2.24. The number of hydrogen-bond acceptors (Lipinski definition) is 4. The molecule has 0 bridgehead atoms. The van der Waals surface area contributed by atoms with Gasteiger partial charge in [-0.25, -0.2) is 4.79 Å². The first-order chi connectivity index (χ1) is 9.72. The van der Waals surface area contributed by atoms with Crippen molar-refractivity contribution in [1.82, 2.24) is 10.6 Å².